The molecule has 0 bridgehead atoms. The molecule has 0 aromatic heterocycles. The molecule has 1 aromatic rings. The second-order valence-corrected chi connectivity index (χ2v) is 8.02. The summed E-state index contributed by atoms with van der Waals surface area (Å²) in [5, 5.41) is 3.37. The minimum atomic E-state index is -0.0755. The van der Waals surface area contributed by atoms with Gasteiger partial charge in [-0.2, -0.15) is 0 Å². The van der Waals surface area contributed by atoms with Gasteiger partial charge in [0.2, 0.25) is 5.91 Å². The van der Waals surface area contributed by atoms with E-state index in [1.54, 1.807) is 7.11 Å². The van der Waals surface area contributed by atoms with Gasteiger partial charge in [0.05, 0.1) is 12.1 Å². The van der Waals surface area contributed by atoms with E-state index in [1.165, 1.54) is 12.8 Å². The van der Waals surface area contributed by atoms with Crippen LogP contribution < -0.4 is 10.1 Å². The Hall–Kier alpha value is -1.55. The normalized spacial score (nSPS) is 30.5. The smallest absolute Gasteiger partial charge is 0.223 e. The number of hydrogen-bond donors (Lipinski definition) is 1. The van der Waals surface area contributed by atoms with Gasteiger partial charge < -0.3 is 14.8 Å². The number of carbonyl (C=O) groups is 1. The van der Waals surface area contributed by atoms with E-state index in [9.17, 15) is 4.79 Å². The van der Waals surface area contributed by atoms with Crippen molar-refractivity contribution < 1.29 is 14.3 Å². The van der Waals surface area contributed by atoms with Gasteiger partial charge in [-0.1, -0.05) is 24.6 Å². The first kappa shape index (κ1) is 16.9. The molecular weight excluding hydrogens is 314 g/mol. The lowest BCUT2D eigenvalue weighted by Crippen LogP contribution is -2.45. The Balaban J connectivity index is 1.51. The van der Waals surface area contributed by atoms with E-state index in [0.29, 0.717) is 0 Å². The maximum Gasteiger partial charge on any atom is 0.223 e. The maximum absolute atomic E-state index is 12.9. The van der Waals surface area contributed by atoms with E-state index < -0.39 is 0 Å². The molecule has 1 aliphatic heterocycles. The zero-order valence-electron chi connectivity index (χ0n) is 15.1. The van der Waals surface area contributed by atoms with Crippen molar-refractivity contribution in [2.75, 3.05) is 7.11 Å². The maximum atomic E-state index is 12.9. The predicted octanol–water partition coefficient (Wildman–Crippen LogP) is 4.14. The fourth-order valence-electron chi connectivity index (χ4n) is 4.96. The Morgan fingerprint density at radius 3 is 2.80 bits per heavy atom. The van der Waals surface area contributed by atoms with Crippen LogP contribution in [0.25, 0.3) is 0 Å². The number of amides is 1. The van der Waals surface area contributed by atoms with Crippen molar-refractivity contribution in [1.29, 1.82) is 0 Å². The minimum absolute atomic E-state index is 0.0680. The van der Waals surface area contributed by atoms with E-state index in [2.05, 4.69) is 17.4 Å². The predicted molar refractivity (Wildman–Crippen MR) is 96.5 cm³/mol. The number of carbonyl (C=O) groups excluding carboxylic acids is 1. The van der Waals surface area contributed by atoms with Crippen LogP contribution in [0.4, 0.5) is 0 Å². The van der Waals surface area contributed by atoms with Crippen LogP contribution in [-0.4, -0.2) is 24.7 Å². The van der Waals surface area contributed by atoms with E-state index >= 15 is 0 Å². The molecule has 136 valence electrons. The van der Waals surface area contributed by atoms with Crippen molar-refractivity contribution >= 4 is 5.91 Å². The van der Waals surface area contributed by atoms with Crippen LogP contribution >= 0.6 is 0 Å². The largest absolute Gasteiger partial charge is 0.487 e. The summed E-state index contributed by atoms with van der Waals surface area (Å²) in [4.78, 5) is 12.9. The summed E-state index contributed by atoms with van der Waals surface area (Å²) in [6, 6.07) is 8.28. The van der Waals surface area contributed by atoms with Crippen LogP contribution in [0, 0.1) is 5.92 Å². The van der Waals surface area contributed by atoms with Gasteiger partial charge in [0.25, 0.3) is 0 Å². The number of nitrogens with one attached hydrogen (secondary N) is 1. The minimum Gasteiger partial charge on any atom is -0.487 e. The Bertz CT molecular complexity index is 623. The first-order valence-corrected chi connectivity index (χ1v) is 9.80. The molecule has 25 heavy (non-hydrogen) atoms. The van der Waals surface area contributed by atoms with Crippen LogP contribution in [0.1, 0.15) is 69.4 Å². The van der Waals surface area contributed by atoms with E-state index in [-0.39, 0.29) is 29.6 Å². The fraction of sp³-hybridized carbons (Fsp3) is 0.667. The number of benzene rings is 1. The van der Waals surface area contributed by atoms with Gasteiger partial charge in [0.15, 0.2) is 0 Å². The lowest BCUT2D eigenvalue weighted by molar-refractivity contribution is -0.129. The first-order chi connectivity index (χ1) is 12.2. The molecule has 2 aliphatic carbocycles. The third-order valence-electron chi connectivity index (χ3n) is 6.36. The highest BCUT2D eigenvalue weighted by Crippen LogP contribution is 2.47. The second kappa shape index (κ2) is 6.99. The SMILES string of the molecule is CO[C@H]1CCC[C@@H](C(=O)N[C@@H]2CC3(CCCC3)Oc3ccccc32)C1. The monoisotopic (exact) mass is 343 g/mol. The molecule has 2 saturated carbocycles. The Labute approximate surface area is 150 Å². The van der Waals surface area contributed by atoms with Gasteiger partial charge in [0, 0.05) is 25.0 Å². The first-order valence-electron chi connectivity index (χ1n) is 9.80. The topological polar surface area (TPSA) is 47.6 Å². The molecule has 2 fully saturated rings. The third-order valence-corrected chi connectivity index (χ3v) is 6.36. The van der Waals surface area contributed by atoms with Crippen LogP contribution in [0.3, 0.4) is 0 Å². The molecule has 1 spiro atoms. The highest BCUT2D eigenvalue weighted by atomic mass is 16.5. The average Bonchev–Trinajstić information content (AvgIpc) is 3.09. The van der Waals surface area contributed by atoms with E-state index in [4.69, 9.17) is 9.47 Å². The number of methoxy groups -OCH3 is 1. The molecule has 3 aliphatic rings. The van der Waals surface area contributed by atoms with Crippen molar-refractivity contribution in [2.24, 2.45) is 5.92 Å². The van der Waals surface area contributed by atoms with Crippen molar-refractivity contribution in [3.8, 4) is 5.75 Å². The quantitative estimate of drug-likeness (QED) is 0.897. The van der Waals surface area contributed by atoms with Crippen LogP contribution in [-0.2, 0) is 9.53 Å². The number of para-hydroxylation sites is 1. The standard InChI is InChI=1S/C21H29NO3/c1-24-16-8-6-7-15(13-16)20(23)22-18-14-21(11-4-5-12-21)25-19-10-3-2-9-17(18)19/h2-3,9-10,15-16,18H,4-8,11-14H2,1H3,(H,22,23)/t15-,16+,18-/m1/s1. The molecule has 4 nitrogen and oxygen atoms in total. The average molecular weight is 343 g/mol. The lowest BCUT2D eigenvalue weighted by atomic mass is 9.84. The van der Waals surface area contributed by atoms with Gasteiger partial charge >= 0.3 is 0 Å². The number of rotatable bonds is 3. The molecule has 1 heterocycles. The van der Waals surface area contributed by atoms with Crippen molar-refractivity contribution in [2.45, 2.75) is 75.5 Å². The molecule has 1 amide bonds. The van der Waals surface area contributed by atoms with Gasteiger partial charge in [-0.3, -0.25) is 4.79 Å². The Kier molecular flexibility index (Phi) is 4.72. The van der Waals surface area contributed by atoms with Crippen LogP contribution in [0.5, 0.6) is 5.75 Å². The van der Waals surface area contributed by atoms with Crippen molar-refractivity contribution in [3.63, 3.8) is 0 Å². The number of fused-ring (bicyclic) bond motifs is 1. The second-order valence-electron chi connectivity index (χ2n) is 8.02. The zero-order chi connectivity index (χ0) is 17.3. The van der Waals surface area contributed by atoms with E-state index in [1.807, 2.05) is 12.1 Å². The van der Waals surface area contributed by atoms with Crippen molar-refractivity contribution in [3.05, 3.63) is 29.8 Å². The summed E-state index contributed by atoms with van der Waals surface area (Å²) in [7, 11) is 1.75. The summed E-state index contributed by atoms with van der Waals surface area (Å²) in [6.45, 7) is 0. The summed E-state index contributed by atoms with van der Waals surface area (Å²) < 4.78 is 11.9. The molecule has 0 radical (unpaired) electrons. The molecule has 4 heteroatoms. The molecule has 4 rings (SSSR count). The Morgan fingerprint density at radius 2 is 2.00 bits per heavy atom. The Morgan fingerprint density at radius 1 is 1.20 bits per heavy atom. The van der Waals surface area contributed by atoms with Gasteiger partial charge in [-0.15, -0.1) is 0 Å². The van der Waals surface area contributed by atoms with Crippen molar-refractivity contribution in [1.82, 2.24) is 5.32 Å². The summed E-state index contributed by atoms with van der Waals surface area (Å²) in [6.07, 6.45) is 9.74. The van der Waals surface area contributed by atoms with Crippen LogP contribution in [0.15, 0.2) is 24.3 Å². The molecule has 3 atom stereocenters. The summed E-state index contributed by atoms with van der Waals surface area (Å²) >= 11 is 0. The van der Waals surface area contributed by atoms with Gasteiger partial charge in [-0.05, 0) is 51.0 Å². The fourth-order valence-corrected chi connectivity index (χ4v) is 4.96. The van der Waals surface area contributed by atoms with E-state index in [0.717, 1.165) is 56.3 Å². The van der Waals surface area contributed by atoms with Crippen LogP contribution in [0.2, 0.25) is 0 Å². The van der Waals surface area contributed by atoms with Gasteiger partial charge in [-0.25, -0.2) is 0 Å². The molecule has 0 unspecified atom stereocenters. The molecule has 1 aromatic carbocycles. The van der Waals surface area contributed by atoms with Gasteiger partial charge in [0.1, 0.15) is 11.4 Å². The third kappa shape index (κ3) is 3.41. The summed E-state index contributed by atoms with van der Waals surface area (Å²) in [5.74, 6) is 1.23. The highest BCUT2D eigenvalue weighted by molar-refractivity contribution is 5.79. The molecular formula is C21H29NO3. The highest BCUT2D eigenvalue weighted by Gasteiger charge is 2.43. The molecule has 1 N–H and O–H groups in total. The number of ether oxygens (including phenoxy) is 2. The lowest BCUT2D eigenvalue weighted by Gasteiger charge is -2.41. The summed E-state index contributed by atoms with van der Waals surface area (Å²) in [5.41, 5.74) is 1.06. The zero-order valence-corrected chi connectivity index (χ0v) is 15.1. The number of hydrogen-bond acceptors (Lipinski definition) is 3. The molecule has 0 saturated heterocycles.